The molecule has 0 bridgehead atoms. The summed E-state index contributed by atoms with van der Waals surface area (Å²) in [6, 6.07) is -0.581. The first-order valence-electron chi connectivity index (χ1n) is 3.41. The van der Waals surface area contributed by atoms with E-state index in [1.165, 1.54) is 0 Å². The van der Waals surface area contributed by atoms with E-state index >= 15 is 0 Å². The number of nitrogens with zero attached hydrogens (tertiary/aromatic N) is 1. The SMILES string of the molecule is C=C1NC(=O)N=C1C(=O)OCC. The number of esters is 1. The highest BCUT2D eigenvalue weighted by Crippen LogP contribution is 2.02. The van der Waals surface area contributed by atoms with Crippen molar-refractivity contribution in [1.29, 1.82) is 0 Å². The summed E-state index contributed by atoms with van der Waals surface area (Å²) in [7, 11) is 0. The quantitative estimate of drug-likeness (QED) is 0.600. The van der Waals surface area contributed by atoms with E-state index in [1.807, 2.05) is 0 Å². The zero-order chi connectivity index (χ0) is 9.14. The van der Waals surface area contributed by atoms with Gasteiger partial charge in [0.05, 0.1) is 12.3 Å². The highest BCUT2D eigenvalue weighted by Gasteiger charge is 2.24. The van der Waals surface area contributed by atoms with Crippen LogP contribution in [0, 0.1) is 0 Å². The Morgan fingerprint density at radius 3 is 2.83 bits per heavy atom. The highest BCUT2D eigenvalue weighted by atomic mass is 16.5. The Balaban J connectivity index is 2.75. The van der Waals surface area contributed by atoms with Crippen molar-refractivity contribution in [2.75, 3.05) is 6.61 Å². The van der Waals surface area contributed by atoms with Crippen molar-refractivity contribution in [3.05, 3.63) is 12.3 Å². The molecule has 0 radical (unpaired) electrons. The lowest BCUT2D eigenvalue weighted by Gasteiger charge is -1.99. The Labute approximate surface area is 69.1 Å². The number of aliphatic imine (C=N–C) groups is 1. The van der Waals surface area contributed by atoms with E-state index in [2.05, 4.69) is 21.6 Å². The summed E-state index contributed by atoms with van der Waals surface area (Å²) in [5, 5.41) is 2.27. The van der Waals surface area contributed by atoms with Crippen LogP contribution in [0.4, 0.5) is 4.79 Å². The van der Waals surface area contributed by atoms with Crippen molar-refractivity contribution in [3.8, 4) is 0 Å². The fourth-order valence-corrected chi connectivity index (χ4v) is 0.754. The Hall–Kier alpha value is -1.65. The number of urea groups is 1. The van der Waals surface area contributed by atoms with Crippen LogP contribution in [-0.2, 0) is 9.53 Å². The predicted octanol–water partition coefficient (Wildman–Crippen LogP) is 0.227. The van der Waals surface area contributed by atoms with Crippen molar-refractivity contribution in [2.45, 2.75) is 6.92 Å². The zero-order valence-corrected chi connectivity index (χ0v) is 6.59. The van der Waals surface area contributed by atoms with Gasteiger partial charge < -0.3 is 10.1 Å². The average Bonchev–Trinajstić information content (AvgIpc) is 2.30. The highest BCUT2D eigenvalue weighted by molar-refractivity contribution is 6.46. The van der Waals surface area contributed by atoms with Gasteiger partial charge in [0, 0.05) is 0 Å². The van der Waals surface area contributed by atoms with Gasteiger partial charge in [0.2, 0.25) is 0 Å². The number of rotatable bonds is 2. The van der Waals surface area contributed by atoms with E-state index in [0.717, 1.165) is 0 Å². The van der Waals surface area contributed by atoms with E-state index in [1.54, 1.807) is 6.92 Å². The summed E-state index contributed by atoms with van der Waals surface area (Å²) in [6.45, 7) is 5.35. The molecule has 0 aromatic heterocycles. The van der Waals surface area contributed by atoms with Gasteiger partial charge in [0.1, 0.15) is 0 Å². The molecular formula is C7H8N2O3. The molecule has 0 atom stereocenters. The third-order valence-electron chi connectivity index (χ3n) is 1.23. The minimum Gasteiger partial charge on any atom is -0.461 e. The summed E-state index contributed by atoms with van der Waals surface area (Å²) in [5.41, 5.74) is 0.153. The zero-order valence-electron chi connectivity index (χ0n) is 6.59. The van der Waals surface area contributed by atoms with E-state index in [-0.39, 0.29) is 18.0 Å². The van der Waals surface area contributed by atoms with E-state index in [9.17, 15) is 9.59 Å². The lowest BCUT2D eigenvalue weighted by atomic mass is 10.3. The van der Waals surface area contributed by atoms with Crippen LogP contribution in [0.5, 0.6) is 0 Å². The largest absolute Gasteiger partial charge is 0.461 e. The summed E-state index contributed by atoms with van der Waals surface area (Å²) in [6.07, 6.45) is 0. The van der Waals surface area contributed by atoms with Crippen molar-refractivity contribution >= 4 is 17.7 Å². The van der Waals surface area contributed by atoms with Gasteiger partial charge >= 0.3 is 12.0 Å². The predicted molar refractivity (Wildman–Crippen MR) is 41.7 cm³/mol. The summed E-state index contributed by atoms with van der Waals surface area (Å²) in [4.78, 5) is 25.0. The topological polar surface area (TPSA) is 67.8 Å². The second-order valence-electron chi connectivity index (χ2n) is 2.09. The molecule has 1 aliphatic rings. The van der Waals surface area contributed by atoms with Crippen molar-refractivity contribution in [2.24, 2.45) is 4.99 Å². The third-order valence-corrected chi connectivity index (χ3v) is 1.23. The van der Waals surface area contributed by atoms with Crippen LogP contribution in [-0.4, -0.2) is 24.3 Å². The van der Waals surface area contributed by atoms with Crippen LogP contribution in [0.25, 0.3) is 0 Å². The molecule has 0 saturated carbocycles. The van der Waals surface area contributed by atoms with Crippen molar-refractivity contribution in [3.63, 3.8) is 0 Å². The summed E-state index contributed by atoms with van der Waals surface area (Å²) < 4.78 is 4.62. The monoisotopic (exact) mass is 168 g/mol. The van der Waals surface area contributed by atoms with Gasteiger partial charge in [-0.2, -0.15) is 4.99 Å². The van der Waals surface area contributed by atoms with E-state index < -0.39 is 12.0 Å². The Morgan fingerprint density at radius 1 is 1.75 bits per heavy atom. The number of amides is 2. The van der Waals surface area contributed by atoms with Crippen LogP contribution < -0.4 is 5.32 Å². The smallest absolute Gasteiger partial charge is 0.359 e. The second-order valence-corrected chi connectivity index (χ2v) is 2.09. The molecule has 5 heteroatoms. The van der Waals surface area contributed by atoms with Gasteiger partial charge in [0.15, 0.2) is 5.71 Å². The van der Waals surface area contributed by atoms with Gasteiger partial charge in [-0.1, -0.05) is 6.58 Å². The maximum Gasteiger partial charge on any atom is 0.359 e. The number of ether oxygens (including phenoxy) is 1. The standard InChI is InChI=1S/C7H8N2O3/c1-3-12-6(10)5-4(2)8-7(11)9-5/h2-3H2,1H3,(H,8,11). The number of nitrogens with one attached hydrogen (secondary N) is 1. The van der Waals surface area contributed by atoms with Crippen LogP contribution in [0.15, 0.2) is 17.3 Å². The Bertz CT molecular complexity index is 280. The fourth-order valence-electron chi connectivity index (χ4n) is 0.754. The van der Waals surface area contributed by atoms with Crippen LogP contribution in [0.1, 0.15) is 6.92 Å². The Kier molecular flexibility index (Phi) is 2.23. The molecule has 0 spiro atoms. The van der Waals surface area contributed by atoms with Crippen LogP contribution in [0.2, 0.25) is 0 Å². The Morgan fingerprint density at radius 2 is 2.42 bits per heavy atom. The minimum atomic E-state index is -0.624. The number of hydrogen-bond donors (Lipinski definition) is 1. The van der Waals surface area contributed by atoms with Crippen molar-refractivity contribution in [1.82, 2.24) is 5.32 Å². The van der Waals surface area contributed by atoms with E-state index in [4.69, 9.17) is 0 Å². The molecule has 0 aromatic rings. The van der Waals surface area contributed by atoms with Gasteiger partial charge in [0.25, 0.3) is 0 Å². The maximum atomic E-state index is 11.0. The maximum absolute atomic E-state index is 11.0. The molecule has 1 rings (SSSR count). The molecule has 2 amide bonds. The molecule has 0 fully saturated rings. The molecule has 0 aromatic carbocycles. The first kappa shape index (κ1) is 8.45. The third kappa shape index (κ3) is 1.50. The molecular weight excluding hydrogens is 160 g/mol. The molecule has 1 heterocycles. The van der Waals surface area contributed by atoms with Gasteiger partial charge in [-0.25, -0.2) is 9.59 Å². The lowest BCUT2D eigenvalue weighted by molar-refractivity contribution is -0.134. The van der Waals surface area contributed by atoms with Gasteiger partial charge in [-0.05, 0) is 6.92 Å². The molecule has 0 aliphatic carbocycles. The molecule has 1 N–H and O–H groups in total. The van der Waals surface area contributed by atoms with Crippen LogP contribution >= 0.6 is 0 Å². The van der Waals surface area contributed by atoms with Gasteiger partial charge in [-0.15, -0.1) is 0 Å². The first-order chi connectivity index (χ1) is 5.65. The normalized spacial score (nSPS) is 15.6. The summed E-state index contributed by atoms with van der Waals surface area (Å²) in [5.74, 6) is -0.624. The number of carbonyl (C=O) groups excluding carboxylic acids is 2. The fraction of sp³-hybridized carbons (Fsp3) is 0.286. The molecule has 5 nitrogen and oxygen atoms in total. The number of carbonyl (C=O) groups is 2. The van der Waals surface area contributed by atoms with E-state index in [0.29, 0.717) is 0 Å². The molecule has 12 heavy (non-hydrogen) atoms. The second kappa shape index (κ2) is 3.17. The summed E-state index contributed by atoms with van der Waals surface area (Å²) >= 11 is 0. The lowest BCUT2D eigenvalue weighted by Crippen LogP contribution is -2.21. The van der Waals surface area contributed by atoms with Crippen LogP contribution in [0.3, 0.4) is 0 Å². The van der Waals surface area contributed by atoms with Crippen molar-refractivity contribution < 1.29 is 14.3 Å². The molecule has 0 saturated heterocycles. The minimum absolute atomic E-state index is 0.0400. The number of hydrogen-bond acceptors (Lipinski definition) is 3. The van der Waals surface area contributed by atoms with Gasteiger partial charge in [-0.3, -0.25) is 0 Å². The molecule has 0 unspecified atom stereocenters. The molecule has 64 valence electrons. The molecule has 1 aliphatic heterocycles. The average molecular weight is 168 g/mol. The first-order valence-corrected chi connectivity index (χ1v) is 3.41.